The first-order chi connectivity index (χ1) is 7.40. The summed E-state index contributed by atoms with van der Waals surface area (Å²) in [6, 6.07) is 4.80. The van der Waals surface area contributed by atoms with Gasteiger partial charge in [0.25, 0.3) is 0 Å². The summed E-state index contributed by atoms with van der Waals surface area (Å²) in [4.78, 5) is 0. The summed E-state index contributed by atoms with van der Waals surface area (Å²) in [5.74, 6) is 0.338. The van der Waals surface area contributed by atoms with Gasteiger partial charge in [0.2, 0.25) is 0 Å². The predicted molar refractivity (Wildman–Crippen MR) is 64.2 cm³/mol. The highest BCUT2D eigenvalue weighted by Crippen LogP contribution is 2.17. The topological polar surface area (TPSA) is 21.3 Å². The lowest BCUT2D eigenvalue weighted by Crippen LogP contribution is -2.35. The number of nitrogens with one attached hydrogen (secondary N) is 1. The minimum Gasteiger partial charge on any atom is -0.494 e. The van der Waals surface area contributed by atoms with Gasteiger partial charge in [-0.1, -0.05) is 0 Å². The zero-order valence-corrected chi connectivity index (χ0v) is 10.4. The van der Waals surface area contributed by atoms with Gasteiger partial charge in [0, 0.05) is 18.2 Å². The molecule has 0 unspecified atom stereocenters. The summed E-state index contributed by atoms with van der Waals surface area (Å²) in [5.41, 5.74) is 0.927. The van der Waals surface area contributed by atoms with E-state index in [1.54, 1.807) is 0 Å². The first-order valence-corrected chi connectivity index (χ1v) is 5.58. The molecule has 0 atom stereocenters. The van der Waals surface area contributed by atoms with Gasteiger partial charge in [-0.2, -0.15) is 0 Å². The van der Waals surface area contributed by atoms with E-state index in [0.29, 0.717) is 18.9 Å². The van der Waals surface area contributed by atoms with Crippen molar-refractivity contribution in [2.75, 3.05) is 6.61 Å². The average Bonchev–Trinajstić information content (AvgIpc) is 2.13. The molecule has 0 bridgehead atoms. The normalized spacial score (nSPS) is 11.6. The van der Waals surface area contributed by atoms with E-state index < -0.39 is 0 Å². The molecule has 1 aromatic carbocycles. The fraction of sp³-hybridized carbons (Fsp3) is 0.538. The van der Waals surface area contributed by atoms with Crippen LogP contribution in [-0.4, -0.2) is 12.1 Å². The van der Waals surface area contributed by atoms with Crippen molar-refractivity contribution in [1.82, 2.24) is 5.32 Å². The number of hydrogen-bond acceptors (Lipinski definition) is 2. The molecule has 0 aromatic heterocycles. The van der Waals surface area contributed by atoms with E-state index in [1.165, 1.54) is 12.1 Å². The second-order valence-electron chi connectivity index (χ2n) is 4.83. The number of ether oxygens (including phenoxy) is 1. The Labute approximate surface area is 96.8 Å². The third-order valence-electron chi connectivity index (χ3n) is 2.06. The lowest BCUT2D eigenvalue weighted by Gasteiger charge is -2.20. The molecule has 3 heteroatoms. The molecular formula is C13H20FNO. The second-order valence-corrected chi connectivity index (χ2v) is 4.83. The van der Waals surface area contributed by atoms with Crippen LogP contribution >= 0.6 is 0 Å². The monoisotopic (exact) mass is 225 g/mol. The summed E-state index contributed by atoms with van der Waals surface area (Å²) in [5, 5.41) is 3.31. The van der Waals surface area contributed by atoms with E-state index in [2.05, 4.69) is 26.1 Å². The minimum atomic E-state index is -0.253. The van der Waals surface area contributed by atoms with Gasteiger partial charge >= 0.3 is 0 Å². The summed E-state index contributed by atoms with van der Waals surface area (Å²) in [7, 11) is 0. The first-order valence-electron chi connectivity index (χ1n) is 5.58. The quantitative estimate of drug-likeness (QED) is 0.850. The highest BCUT2D eigenvalue weighted by molar-refractivity contribution is 5.29. The van der Waals surface area contributed by atoms with Crippen LogP contribution in [0, 0.1) is 5.82 Å². The van der Waals surface area contributed by atoms with Gasteiger partial charge in [-0.15, -0.1) is 0 Å². The molecule has 0 spiro atoms. The summed E-state index contributed by atoms with van der Waals surface area (Å²) >= 11 is 0. The van der Waals surface area contributed by atoms with E-state index in [0.717, 1.165) is 5.56 Å². The Morgan fingerprint density at radius 3 is 2.50 bits per heavy atom. The standard InChI is InChI=1S/C13H20FNO/c1-5-16-12-7-10(6-11(14)8-12)9-15-13(2,3)4/h6-8,15H,5,9H2,1-4H3. The molecule has 90 valence electrons. The molecule has 1 aromatic rings. The summed E-state index contributed by atoms with van der Waals surface area (Å²) in [6.07, 6.45) is 0. The van der Waals surface area contributed by atoms with Gasteiger partial charge in [0.1, 0.15) is 11.6 Å². The molecule has 0 radical (unpaired) electrons. The Balaban J connectivity index is 2.72. The molecule has 0 aliphatic rings. The van der Waals surface area contributed by atoms with Crippen LogP contribution in [0.1, 0.15) is 33.3 Å². The molecule has 0 heterocycles. The van der Waals surface area contributed by atoms with Crippen LogP contribution in [0.15, 0.2) is 18.2 Å². The molecule has 0 saturated carbocycles. The van der Waals surface area contributed by atoms with Crippen molar-refractivity contribution in [2.45, 2.75) is 39.8 Å². The van der Waals surface area contributed by atoms with E-state index >= 15 is 0 Å². The van der Waals surface area contributed by atoms with Crippen molar-refractivity contribution < 1.29 is 9.13 Å². The van der Waals surface area contributed by atoms with Gasteiger partial charge in [0.15, 0.2) is 0 Å². The minimum absolute atomic E-state index is 0.0259. The molecule has 0 aliphatic heterocycles. The highest BCUT2D eigenvalue weighted by atomic mass is 19.1. The molecule has 0 aliphatic carbocycles. The van der Waals surface area contributed by atoms with E-state index in [1.807, 2.05) is 13.0 Å². The zero-order valence-electron chi connectivity index (χ0n) is 10.4. The van der Waals surface area contributed by atoms with Crippen molar-refractivity contribution in [3.8, 4) is 5.75 Å². The number of rotatable bonds is 4. The van der Waals surface area contributed by atoms with E-state index in [9.17, 15) is 4.39 Å². The molecule has 2 nitrogen and oxygen atoms in total. The molecule has 0 amide bonds. The summed E-state index contributed by atoms with van der Waals surface area (Å²) < 4.78 is 18.6. The predicted octanol–water partition coefficient (Wildman–Crippen LogP) is 3.11. The van der Waals surface area contributed by atoms with Crippen LogP contribution < -0.4 is 10.1 Å². The SMILES string of the molecule is CCOc1cc(F)cc(CNC(C)(C)C)c1. The fourth-order valence-corrected chi connectivity index (χ4v) is 1.34. The highest BCUT2D eigenvalue weighted by Gasteiger charge is 2.09. The first kappa shape index (κ1) is 13.0. The molecule has 1 rings (SSSR count). The molecule has 0 fully saturated rings. The third-order valence-corrected chi connectivity index (χ3v) is 2.06. The lowest BCUT2D eigenvalue weighted by atomic mass is 10.1. The lowest BCUT2D eigenvalue weighted by molar-refractivity contribution is 0.337. The van der Waals surface area contributed by atoms with Gasteiger partial charge in [-0.3, -0.25) is 0 Å². The average molecular weight is 225 g/mol. The van der Waals surface area contributed by atoms with Crippen molar-refractivity contribution in [3.63, 3.8) is 0 Å². The zero-order chi connectivity index (χ0) is 12.2. The van der Waals surface area contributed by atoms with Crippen LogP contribution in [0.25, 0.3) is 0 Å². The van der Waals surface area contributed by atoms with Crippen molar-refractivity contribution in [3.05, 3.63) is 29.6 Å². The smallest absolute Gasteiger partial charge is 0.127 e. The van der Waals surface area contributed by atoms with Gasteiger partial charge < -0.3 is 10.1 Å². The van der Waals surface area contributed by atoms with E-state index in [-0.39, 0.29) is 11.4 Å². The largest absolute Gasteiger partial charge is 0.494 e. The Kier molecular flexibility index (Phi) is 4.30. The van der Waals surface area contributed by atoms with Gasteiger partial charge in [0.05, 0.1) is 6.61 Å². The van der Waals surface area contributed by atoms with Crippen LogP contribution in [0.5, 0.6) is 5.75 Å². The van der Waals surface area contributed by atoms with Crippen molar-refractivity contribution in [2.24, 2.45) is 0 Å². The maximum Gasteiger partial charge on any atom is 0.127 e. The third kappa shape index (κ3) is 4.62. The van der Waals surface area contributed by atoms with Crippen LogP contribution in [0.3, 0.4) is 0 Å². The molecule has 16 heavy (non-hydrogen) atoms. The molecule has 0 saturated heterocycles. The van der Waals surface area contributed by atoms with Crippen LogP contribution in [0.2, 0.25) is 0 Å². The Morgan fingerprint density at radius 2 is 1.94 bits per heavy atom. The maximum absolute atomic E-state index is 13.3. The molecular weight excluding hydrogens is 205 g/mol. The van der Waals surface area contributed by atoms with Crippen LogP contribution in [0.4, 0.5) is 4.39 Å². The maximum atomic E-state index is 13.3. The van der Waals surface area contributed by atoms with Gasteiger partial charge in [-0.05, 0) is 45.4 Å². The fourth-order valence-electron chi connectivity index (χ4n) is 1.34. The Bertz CT molecular complexity index is 344. The number of benzene rings is 1. The number of halogens is 1. The van der Waals surface area contributed by atoms with Gasteiger partial charge in [-0.25, -0.2) is 4.39 Å². The Hall–Kier alpha value is -1.09. The van der Waals surface area contributed by atoms with Crippen LogP contribution in [-0.2, 0) is 6.54 Å². The number of hydrogen-bond donors (Lipinski definition) is 1. The van der Waals surface area contributed by atoms with Crippen molar-refractivity contribution in [1.29, 1.82) is 0 Å². The van der Waals surface area contributed by atoms with E-state index in [4.69, 9.17) is 4.74 Å². The Morgan fingerprint density at radius 1 is 1.25 bits per heavy atom. The summed E-state index contributed by atoms with van der Waals surface area (Å²) in [6.45, 7) is 9.32. The molecule has 1 N–H and O–H groups in total. The van der Waals surface area contributed by atoms with Crippen molar-refractivity contribution >= 4 is 0 Å². The second kappa shape index (κ2) is 5.30.